The van der Waals surface area contributed by atoms with Crippen molar-refractivity contribution in [1.29, 1.82) is 0 Å². The summed E-state index contributed by atoms with van der Waals surface area (Å²) in [6, 6.07) is 13.0. The number of hydrogen-bond acceptors (Lipinski definition) is 3. The molecule has 6 heteroatoms. The van der Waals surface area contributed by atoms with Crippen LogP contribution in [0.5, 0.6) is 0 Å². The van der Waals surface area contributed by atoms with Crippen molar-refractivity contribution in [3.05, 3.63) is 73.2 Å². The first-order valence-electron chi connectivity index (χ1n) is 6.31. The van der Waals surface area contributed by atoms with Crippen LogP contribution in [-0.2, 0) is 13.1 Å². The Morgan fingerprint density at radius 1 is 1.14 bits per heavy atom. The fraction of sp³-hybridized carbons (Fsp3) is 0.200. The first kappa shape index (κ1) is 15.9. The predicted molar refractivity (Wildman–Crippen MR) is 87.4 cm³/mol. The van der Waals surface area contributed by atoms with E-state index < -0.39 is 4.92 Å². The van der Waals surface area contributed by atoms with Crippen LogP contribution < -0.4 is 0 Å². The summed E-state index contributed by atoms with van der Waals surface area (Å²) in [6.07, 6.45) is 0. The molecule has 0 radical (unpaired) electrons. The van der Waals surface area contributed by atoms with Gasteiger partial charge in [0, 0.05) is 23.6 Å². The quantitative estimate of drug-likeness (QED) is 0.569. The van der Waals surface area contributed by atoms with Gasteiger partial charge < -0.3 is 0 Å². The molecule has 0 aliphatic carbocycles. The number of hydrogen-bond donors (Lipinski definition) is 0. The highest BCUT2D eigenvalue weighted by Gasteiger charge is 2.13. The van der Waals surface area contributed by atoms with Gasteiger partial charge in [0.15, 0.2) is 0 Å². The Bertz CT molecular complexity index is 647. The third-order valence-electron chi connectivity index (χ3n) is 3.03. The van der Waals surface area contributed by atoms with Gasteiger partial charge in [0.25, 0.3) is 5.69 Å². The summed E-state index contributed by atoms with van der Waals surface area (Å²) in [7, 11) is 1.97. The normalized spacial score (nSPS) is 10.9. The topological polar surface area (TPSA) is 46.4 Å². The van der Waals surface area contributed by atoms with Gasteiger partial charge in [-0.15, -0.1) is 0 Å². The fourth-order valence-electron chi connectivity index (χ4n) is 2.07. The average molecular weight is 370 g/mol. The van der Waals surface area contributed by atoms with Gasteiger partial charge in [0.1, 0.15) is 5.02 Å². The molecule has 0 N–H and O–H groups in total. The van der Waals surface area contributed by atoms with Crippen molar-refractivity contribution in [2.24, 2.45) is 0 Å². The minimum Gasteiger partial charge on any atom is -0.298 e. The summed E-state index contributed by atoms with van der Waals surface area (Å²) in [6.45, 7) is 1.39. The molecule has 0 fully saturated rings. The molecule has 0 aliphatic heterocycles. The van der Waals surface area contributed by atoms with Crippen molar-refractivity contribution in [2.75, 3.05) is 7.05 Å². The molecule has 0 bridgehead atoms. The van der Waals surface area contributed by atoms with Crippen molar-refractivity contribution in [1.82, 2.24) is 4.90 Å². The second-order valence-electron chi connectivity index (χ2n) is 4.84. The number of rotatable bonds is 5. The third-order valence-corrected chi connectivity index (χ3v) is 3.87. The lowest BCUT2D eigenvalue weighted by molar-refractivity contribution is -0.384. The average Bonchev–Trinajstić information content (AvgIpc) is 2.43. The molecule has 0 unspecified atom stereocenters. The van der Waals surface area contributed by atoms with E-state index in [-0.39, 0.29) is 10.7 Å². The standard InChI is InChI=1S/C15H14BrClN2O2/c1-18(9-11-2-5-13(16)6-3-11)10-12-4-7-14(17)15(8-12)19(20)21/h2-8H,9-10H2,1H3. The van der Waals surface area contributed by atoms with Gasteiger partial charge in [-0.1, -0.05) is 45.7 Å². The third kappa shape index (κ3) is 4.52. The van der Waals surface area contributed by atoms with E-state index >= 15 is 0 Å². The minimum absolute atomic E-state index is 0.0498. The van der Waals surface area contributed by atoms with E-state index in [0.29, 0.717) is 6.54 Å². The van der Waals surface area contributed by atoms with Gasteiger partial charge in [-0.2, -0.15) is 0 Å². The van der Waals surface area contributed by atoms with Crippen molar-refractivity contribution in [2.45, 2.75) is 13.1 Å². The summed E-state index contributed by atoms with van der Waals surface area (Å²) in [5.41, 5.74) is 2.00. The zero-order chi connectivity index (χ0) is 15.4. The molecule has 2 aromatic rings. The molecule has 2 rings (SSSR count). The molecular weight excluding hydrogens is 356 g/mol. The molecule has 0 aliphatic rings. The lowest BCUT2D eigenvalue weighted by Crippen LogP contribution is -2.17. The van der Waals surface area contributed by atoms with Crippen LogP contribution in [0.1, 0.15) is 11.1 Å². The van der Waals surface area contributed by atoms with Gasteiger partial charge in [0.2, 0.25) is 0 Å². The van der Waals surface area contributed by atoms with Crippen LogP contribution in [0.3, 0.4) is 0 Å². The van der Waals surface area contributed by atoms with E-state index in [1.54, 1.807) is 6.07 Å². The van der Waals surface area contributed by atoms with Crippen molar-refractivity contribution < 1.29 is 4.92 Å². The Morgan fingerprint density at radius 3 is 2.33 bits per heavy atom. The SMILES string of the molecule is CN(Cc1ccc(Br)cc1)Cc1ccc(Cl)c([N+](=O)[O-])c1. The van der Waals surface area contributed by atoms with E-state index in [1.165, 1.54) is 11.6 Å². The summed E-state index contributed by atoms with van der Waals surface area (Å²) in [4.78, 5) is 12.5. The Kier molecular flexibility index (Phi) is 5.33. The molecular formula is C15H14BrClN2O2. The molecule has 0 saturated heterocycles. The predicted octanol–water partition coefficient (Wildman–Crippen LogP) is 4.64. The maximum absolute atomic E-state index is 10.9. The Morgan fingerprint density at radius 2 is 1.71 bits per heavy atom. The number of nitrogens with zero attached hydrogens (tertiary/aromatic N) is 2. The first-order valence-corrected chi connectivity index (χ1v) is 7.48. The molecule has 0 aromatic heterocycles. The molecule has 0 amide bonds. The zero-order valence-corrected chi connectivity index (χ0v) is 13.8. The summed E-state index contributed by atoms with van der Waals surface area (Å²) < 4.78 is 1.04. The van der Waals surface area contributed by atoms with E-state index in [4.69, 9.17) is 11.6 Å². The van der Waals surface area contributed by atoms with Crippen molar-refractivity contribution >= 4 is 33.2 Å². The second-order valence-corrected chi connectivity index (χ2v) is 6.16. The lowest BCUT2D eigenvalue weighted by atomic mass is 10.1. The molecule has 4 nitrogen and oxygen atoms in total. The Balaban J connectivity index is 2.05. The minimum atomic E-state index is -0.458. The fourth-order valence-corrected chi connectivity index (χ4v) is 2.52. The molecule has 0 spiro atoms. The second kappa shape index (κ2) is 7.02. The number of halogens is 2. The van der Waals surface area contributed by atoms with Crippen LogP contribution in [-0.4, -0.2) is 16.9 Å². The number of benzene rings is 2. The Labute approximate surface area is 136 Å². The van der Waals surface area contributed by atoms with Crippen molar-refractivity contribution in [3.63, 3.8) is 0 Å². The van der Waals surface area contributed by atoms with E-state index in [9.17, 15) is 10.1 Å². The maximum Gasteiger partial charge on any atom is 0.288 e. The smallest absolute Gasteiger partial charge is 0.288 e. The summed E-state index contributed by atoms with van der Waals surface area (Å²) >= 11 is 9.22. The van der Waals surface area contributed by atoms with Crippen LogP contribution in [0.2, 0.25) is 5.02 Å². The highest BCUT2D eigenvalue weighted by atomic mass is 79.9. The maximum atomic E-state index is 10.9. The van der Waals surface area contributed by atoms with Gasteiger partial charge in [0.05, 0.1) is 4.92 Å². The molecule has 0 saturated carbocycles. The van der Waals surface area contributed by atoms with Gasteiger partial charge in [-0.25, -0.2) is 0 Å². The van der Waals surface area contributed by atoms with Crippen LogP contribution in [0, 0.1) is 10.1 Å². The van der Waals surface area contributed by atoms with Crippen LogP contribution in [0.15, 0.2) is 46.9 Å². The van der Waals surface area contributed by atoms with E-state index in [1.807, 2.05) is 37.4 Å². The van der Waals surface area contributed by atoms with Gasteiger partial charge in [-0.3, -0.25) is 15.0 Å². The molecule has 2 aromatic carbocycles. The Hall–Kier alpha value is -1.43. The number of nitro groups is 1. The first-order chi connectivity index (χ1) is 9.95. The van der Waals surface area contributed by atoms with Crippen LogP contribution in [0.25, 0.3) is 0 Å². The molecule has 0 heterocycles. The van der Waals surface area contributed by atoms with Gasteiger partial charge >= 0.3 is 0 Å². The molecule has 0 atom stereocenters. The highest BCUT2D eigenvalue weighted by molar-refractivity contribution is 9.10. The van der Waals surface area contributed by atoms with Gasteiger partial charge in [-0.05, 0) is 36.4 Å². The zero-order valence-electron chi connectivity index (χ0n) is 11.4. The largest absolute Gasteiger partial charge is 0.298 e. The molecule has 21 heavy (non-hydrogen) atoms. The van der Waals surface area contributed by atoms with E-state index in [2.05, 4.69) is 20.8 Å². The van der Waals surface area contributed by atoms with Crippen molar-refractivity contribution in [3.8, 4) is 0 Å². The van der Waals surface area contributed by atoms with Crippen LogP contribution >= 0.6 is 27.5 Å². The monoisotopic (exact) mass is 368 g/mol. The number of nitro benzene ring substituents is 1. The lowest BCUT2D eigenvalue weighted by Gasteiger charge is -2.17. The summed E-state index contributed by atoms with van der Waals surface area (Å²) in [5, 5.41) is 11.1. The summed E-state index contributed by atoms with van der Waals surface area (Å²) in [5.74, 6) is 0. The van der Waals surface area contributed by atoms with E-state index in [0.717, 1.165) is 16.6 Å². The molecule has 110 valence electrons. The highest BCUT2D eigenvalue weighted by Crippen LogP contribution is 2.25. The van der Waals surface area contributed by atoms with Crippen LogP contribution in [0.4, 0.5) is 5.69 Å².